The maximum Gasteiger partial charge on any atom is 0.331 e. The Balaban J connectivity index is 1.47. The molecule has 1 aromatic heterocycles. The van der Waals surface area contributed by atoms with Gasteiger partial charge in [0, 0.05) is 29.2 Å². The molecule has 3 aromatic rings. The number of aromatic nitrogens is 2. The van der Waals surface area contributed by atoms with Gasteiger partial charge in [-0.3, -0.25) is 24.6 Å². The Kier molecular flexibility index (Phi) is 5.53. The third kappa shape index (κ3) is 4.37. The summed E-state index contributed by atoms with van der Waals surface area (Å²) in [6, 6.07) is 12.0. The molecule has 1 N–H and O–H groups in total. The molecule has 2 aromatic carbocycles. The Bertz CT molecular complexity index is 1300. The van der Waals surface area contributed by atoms with Gasteiger partial charge in [0.2, 0.25) is 5.95 Å². The standard InChI is InChI=1S/C22H17N5O6/c1-12-9-13(2)24-22(23-12)25-14-5-3-6-15(10-14)33-18(28)11-26-20(29)16-7-4-8-17(27(31)32)19(16)21(26)30/h3-10H,11H2,1-2H3,(H,23,24,25). The van der Waals surface area contributed by atoms with Gasteiger partial charge in [-0.15, -0.1) is 0 Å². The van der Waals surface area contributed by atoms with E-state index in [2.05, 4.69) is 15.3 Å². The van der Waals surface area contributed by atoms with E-state index >= 15 is 0 Å². The van der Waals surface area contributed by atoms with E-state index in [0.717, 1.165) is 17.5 Å². The first-order valence-corrected chi connectivity index (χ1v) is 9.76. The molecule has 1 aliphatic heterocycles. The summed E-state index contributed by atoms with van der Waals surface area (Å²) in [4.78, 5) is 57.2. The molecule has 0 bridgehead atoms. The zero-order chi connectivity index (χ0) is 23.7. The van der Waals surface area contributed by atoms with Gasteiger partial charge >= 0.3 is 5.97 Å². The van der Waals surface area contributed by atoms with Crippen molar-refractivity contribution in [3.63, 3.8) is 0 Å². The fourth-order valence-electron chi connectivity index (χ4n) is 3.45. The normalized spacial score (nSPS) is 12.5. The zero-order valence-electron chi connectivity index (χ0n) is 17.6. The van der Waals surface area contributed by atoms with Crippen molar-refractivity contribution in [3.8, 4) is 5.75 Å². The van der Waals surface area contributed by atoms with Gasteiger partial charge in [-0.1, -0.05) is 12.1 Å². The summed E-state index contributed by atoms with van der Waals surface area (Å²) in [5, 5.41) is 14.2. The van der Waals surface area contributed by atoms with Crippen LogP contribution in [0, 0.1) is 24.0 Å². The molecule has 166 valence electrons. The number of aryl methyl sites for hydroxylation is 2. The molecule has 11 heteroatoms. The summed E-state index contributed by atoms with van der Waals surface area (Å²) in [5.41, 5.74) is 1.18. The Morgan fingerprint density at radius 3 is 2.45 bits per heavy atom. The molecular formula is C22H17N5O6. The minimum absolute atomic E-state index is 0.123. The van der Waals surface area contributed by atoms with Crippen LogP contribution in [0.1, 0.15) is 32.1 Å². The van der Waals surface area contributed by atoms with Crippen LogP contribution in [0.4, 0.5) is 17.3 Å². The maximum absolute atomic E-state index is 12.6. The van der Waals surface area contributed by atoms with E-state index in [0.29, 0.717) is 16.5 Å². The molecule has 0 aliphatic carbocycles. The number of fused-ring (bicyclic) bond motifs is 1. The van der Waals surface area contributed by atoms with Gasteiger partial charge in [-0.2, -0.15) is 0 Å². The van der Waals surface area contributed by atoms with Crippen LogP contribution in [0.5, 0.6) is 5.75 Å². The summed E-state index contributed by atoms with van der Waals surface area (Å²) in [6.07, 6.45) is 0. The van der Waals surface area contributed by atoms with Gasteiger partial charge < -0.3 is 10.1 Å². The fraction of sp³-hybridized carbons (Fsp3) is 0.136. The van der Waals surface area contributed by atoms with Crippen molar-refractivity contribution in [2.45, 2.75) is 13.8 Å². The largest absolute Gasteiger partial charge is 0.425 e. The summed E-state index contributed by atoms with van der Waals surface area (Å²) < 4.78 is 5.28. The van der Waals surface area contributed by atoms with Crippen molar-refractivity contribution < 1.29 is 24.0 Å². The number of hydrogen-bond donors (Lipinski definition) is 1. The number of ether oxygens (including phenoxy) is 1. The molecule has 2 heterocycles. The fourth-order valence-corrected chi connectivity index (χ4v) is 3.45. The molecule has 0 fully saturated rings. The molecule has 2 amide bonds. The molecule has 0 saturated heterocycles. The number of nitrogens with zero attached hydrogens (tertiary/aromatic N) is 4. The summed E-state index contributed by atoms with van der Waals surface area (Å²) in [7, 11) is 0. The lowest BCUT2D eigenvalue weighted by atomic mass is 10.1. The van der Waals surface area contributed by atoms with Crippen LogP contribution in [-0.4, -0.2) is 44.1 Å². The average molecular weight is 447 g/mol. The number of nitro groups is 1. The summed E-state index contributed by atoms with van der Waals surface area (Å²) in [5.74, 6) is -2.05. The SMILES string of the molecule is Cc1cc(C)nc(Nc2cccc(OC(=O)CN3C(=O)c4cccc([N+](=O)[O-])c4C3=O)c2)n1. The van der Waals surface area contributed by atoms with E-state index in [1.807, 2.05) is 19.9 Å². The predicted molar refractivity (Wildman–Crippen MR) is 115 cm³/mol. The number of carbonyl (C=O) groups excluding carboxylic acids is 3. The summed E-state index contributed by atoms with van der Waals surface area (Å²) >= 11 is 0. The van der Waals surface area contributed by atoms with Gasteiger partial charge in [-0.05, 0) is 38.1 Å². The van der Waals surface area contributed by atoms with Gasteiger partial charge in [0.05, 0.1) is 10.5 Å². The molecule has 11 nitrogen and oxygen atoms in total. The van der Waals surface area contributed by atoms with E-state index in [9.17, 15) is 24.5 Å². The third-order valence-corrected chi connectivity index (χ3v) is 4.77. The van der Waals surface area contributed by atoms with E-state index in [-0.39, 0.29) is 16.9 Å². The number of carbonyl (C=O) groups is 3. The number of hydrogen-bond acceptors (Lipinski definition) is 9. The third-order valence-electron chi connectivity index (χ3n) is 4.77. The van der Waals surface area contributed by atoms with Gasteiger partial charge in [0.25, 0.3) is 17.5 Å². The highest BCUT2D eigenvalue weighted by Crippen LogP contribution is 2.30. The molecule has 0 unspecified atom stereocenters. The van der Waals surface area contributed by atoms with Gasteiger partial charge in [0.1, 0.15) is 17.9 Å². The van der Waals surface area contributed by atoms with E-state index < -0.39 is 34.9 Å². The van der Waals surface area contributed by atoms with Crippen LogP contribution < -0.4 is 10.1 Å². The minimum Gasteiger partial charge on any atom is -0.425 e. The van der Waals surface area contributed by atoms with Crippen molar-refractivity contribution in [1.29, 1.82) is 0 Å². The van der Waals surface area contributed by atoms with Gasteiger partial charge in [0.15, 0.2) is 0 Å². The quantitative estimate of drug-likeness (QED) is 0.198. The summed E-state index contributed by atoms with van der Waals surface area (Å²) in [6.45, 7) is 2.99. The van der Waals surface area contributed by atoms with Crippen molar-refractivity contribution in [2.24, 2.45) is 0 Å². The lowest BCUT2D eigenvalue weighted by Crippen LogP contribution is -2.36. The smallest absolute Gasteiger partial charge is 0.331 e. The molecule has 1 aliphatic rings. The van der Waals surface area contributed by atoms with E-state index in [4.69, 9.17) is 4.74 Å². The van der Waals surface area contributed by atoms with Crippen molar-refractivity contribution in [1.82, 2.24) is 14.9 Å². The monoisotopic (exact) mass is 447 g/mol. The maximum atomic E-state index is 12.6. The number of anilines is 2. The Morgan fingerprint density at radius 1 is 1.06 bits per heavy atom. The number of rotatable bonds is 6. The van der Waals surface area contributed by atoms with Crippen molar-refractivity contribution in [2.75, 3.05) is 11.9 Å². The molecule has 33 heavy (non-hydrogen) atoms. The van der Waals surface area contributed by atoms with Crippen LogP contribution in [0.25, 0.3) is 0 Å². The lowest BCUT2D eigenvalue weighted by molar-refractivity contribution is -0.385. The lowest BCUT2D eigenvalue weighted by Gasteiger charge is -2.13. The van der Waals surface area contributed by atoms with E-state index in [1.165, 1.54) is 24.3 Å². The first kappa shape index (κ1) is 21.6. The topological polar surface area (TPSA) is 145 Å². The number of benzene rings is 2. The Hall–Kier alpha value is -4.67. The Morgan fingerprint density at radius 2 is 1.76 bits per heavy atom. The second-order valence-electron chi connectivity index (χ2n) is 7.25. The predicted octanol–water partition coefficient (Wildman–Crippen LogP) is 2.95. The first-order valence-electron chi connectivity index (χ1n) is 9.76. The van der Waals surface area contributed by atoms with Gasteiger partial charge in [-0.25, -0.2) is 14.8 Å². The van der Waals surface area contributed by atoms with Crippen LogP contribution in [0.3, 0.4) is 0 Å². The number of imide groups is 1. The second kappa shape index (κ2) is 8.46. The van der Waals surface area contributed by atoms with Crippen molar-refractivity contribution >= 4 is 35.1 Å². The molecule has 0 spiro atoms. The molecule has 4 rings (SSSR count). The van der Waals surface area contributed by atoms with Crippen LogP contribution in [-0.2, 0) is 4.79 Å². The highest BCUT2D eigenvalue weighted by molar-refractivity contribution is 6.24. The number of nitrogens with one attached hydrogen (secondary N) is 1. The van der Waals surface area contributed by atoms with Crippen LogP contribution >= 0.6 is 0 Å². The number of nitro benzene ring substituents is 1. The number of amides is 2. The molecule has 0 saturated carbocycles. The van der Waals surface area contributed by atoms with Crippen LogP contribution in [0.2, 0.25) is 0 Å². The average Bonchev–Trinajstić information content (AvgIpc) is 2.98. The highest BCUT2D eigenvalue weighted by atomic mass is 16.6. The zero-order valence-corrected chi connectivity index (χ0v) is 17.6. The first-order chi connectivity index (χ1) is 15.7. The molecule has 0 atom stereocenters. The van der Waals surface area contributed by atoms with Crippen LogP contribution in [0.15, 0.2) is 48.5 Å². The number of esters is 1. The minimum atomic E-state index is -0.915. The Labute approximate surface area is 187 Å². The van der Waals surface area contributed by atoms with E-state index in [1.54, 1.807) is 12.1 Å². The highest BCUT2D eigenvalue weighted by Gasteiger charge is 2.42. The van der Waals surface area contributed by atoms with Crippen molar-refractivity contribution in [3.05, 3.63) is 81.2 Å². The molecule has 0 radical (unpaired) electrons. The second-order valence-corrected chi connectivity index (χ2v) is 7.25. The molecular weight excluding hydrogens is 430 g/mol.